The predicted octanol–water partition coefficient (Wildman–Crippen LogP) is 5.26. The number of amides is 1. The lowest BCUT2D eigenvalue weighted by atomic mass is 9.96. The third-order valence-electron chi connectivity index (χ3n) is 6.28. The summed E-state index contributed by atoms with van der Waals surface area (Å²) in [5, 5.41) is 0. The van der Waals surface area contributed by atoms with Gasteiger partial charge in [-0.15, -0.1) is 0 Å². The molecule has 5 nitrogen and oxygen atoms in total. The minimum atomic E-state index is 0.129. The maximum absolute atomic E-state index is 13.3. The van der Waals surface area contributed by atoms with Gasteiger partial charge in [0.1, 0.15) is 5.82 Å². The summed E-state index contributed by atoms with van der Waals surface area (Å²) in [7, 11) is 0. The Hall–Kier alpha value is -1.88. The van der Waals surface area contributed by atoms with Crippen LogP contribution < -0.4 is 0 Å². The van der Waals surface area contributed by atoms with Gasteiger partial charge in [0.2, 0.25) is 5.91 Å². The van der Waals surface area contributed by atoms with Crippen LogP contribution in [0.5, 0.6) is 0 Å². The lowest BCUT2D eigenvalue weighted by Crippen LogP contribution is -2.45. The number of likely N-dealkylation sites (tertiary alicyclic amines) is 1. The van der Waals surface area contributed by atoms with E-state index in [9.17, 15) is 4.79 Å². The number of rotatable bonds is 10. The molecule has 1 atom stereocenters. The fourth-order valence-electron chi connectivity index (χ4n) is 4.67. The summed E-state index contributed by atoms with van der Waals surface area (Å²) in [4.78, 5) is 22.8. The van der Waals surface area contributed by atoms with Crippen molar-refractivity contribution in [2.45, 2.75) is 78.8 Å². The molecule has 2 heterocycles. The van der Waals surface area contributed by atoms with Gasteiger partial charge in [-0.25, -0.2) is 4.98 Å². The zero-order valence-electron chi connectivity index (χ0n) is 19.4. The fraction of sp³-hybridized carbons (Fsp3) is 0.680. The molecule has 5 heteroatoms. The van der Waals surface area contributed by atoms with E-state index >= 15 is 0 Å². The minimum Gasteiger partial charge on any atom is -0.342 e. The molecule has 166 valence electrons. The second-order valence-corrected chi connectivity index (χ2v) is 9.09. The van der Waals surface area contributed by atoms with Crippen LogP contribution in [0, 0.1) is 5.92 Å². The van der Waals surface area contributed by atoms with E-state index in [1.165, 1.54) is 5.52 Å². The molecule has 1 aromatic carbocycles. The van der Waals surface area contributed by atoms with Crippen LogP contribution in [0.1, 0.15) is 78.1 Å². The number of unbranched alkanes of at least 4 members (excludes halogenated alkanes) is 2. The highest BCUT2D eigenvalue weighted by Crippen LogP contribution is 2.25. The predicted molar refractivity (Wildman–Crippen MR) is 125 cm³/mol. The topological polar surface area (TPSA) is 41.4 Å². The number of para-hydroxylation sites is 2. The zero-order valence-corrected chi connectivity index (χ0v) is 19.4. The largest absolute Gasteiger partial charge is 0.342 e. The molecule has 0 saturated carbocycles. The summed E-state index contributed by atoms with van der Waals surface area (Å²) in [6.45, 7) is 13.4. The lowest BCUT2D eigenvalue weighted by molar-refractivity contribution is -0.137. The molecule has 0 N–H and O–H groups in total. The van der Waals surface area contributed by atoms with E-state index in [-0.39, 0.29) is 5.92 Å². The van der Waals surface area contributed by atoms with Crippen molar-refractivity contribution >= 4 is 16.9 Å². The van der Waals surface area contributed by atoms with Gasteiger partial charge in [0, 0.05) is 25.7 Å². The average molecular weight is 413 g/mol. The highest BCUT2D eigenvalue weighted by Gasteiger charge is 2.30. The average Bonchev–Trinajstić information content (AvgIpc) is 3.11. The number of piperidine rings is 1. The summed E-state index contributed by atoms with van der Waals surface area (Å²) >= 11 is 0. The third-order valence-corrected chi connectivity index (χ3v) is 6.28. The molecule has 0 aliphatic carbocycles. The third kappa shape index (κ3) is 5.42. The molecule has 1 aliphatic rings. The molecule has 0 unspecified atom stereocenters. The van der Waals surface area contributed by atoms with Gasteiger partial charge < -0.3 is 9.47 Å². The van der Waals surface area contributed by atoms with Crippen LogP contribution in [0.25, 0.3) is 11.0 Å². The highest BCUT2D eigenvalue weighted by atomic mass is 16.2. The van der Waals surface area contributed by atoms with E-state index < -0.39 is 0 Å². The van der Waals surface area contributed by atoms with Gasteiger partial charge in [-0.2, -0.15) is 0 Å². The van der Waals surface area contributed by atoms with Crippen molar-refractivity contribution in [1.29, 1.82) is 0 Å². The Kier molecular flexibility index (Phi) is 8.32. The van der Waals surface area contributed by atoms with Crippen molar-refractivity contribution in [3.8, 4) is 0 Å². The first-order valence-corrected chi connectivity index (χ1v) is 12.0. The molecular weight excluding hydrogens is 372 g/mol. The first-order chi connectivity index (χ1) is 14.5. The molecule has 30 heavy (non-hydrogen) atoms. The second kappa shape index (κ2) is 10.9. The van der Waals surface area contributed by atoms with Crippen molar-refractivity contribution < 1.29 is 4.79 Å². The van der Waals surface area contributed by atoms with Crippen LogP contribution in [0.3, 0.4) is 0 Å². The molecule has 1 aromatic heterocycles. The van der Waals surface area contributed by atoms with Crippen molar-refractivity contribution in [3.05, 3.63) is 30.1 Å². The fourth-order valence-corrected chi connectivity index (χ4v) is 4.67. The maximum Gasteiger partial charge on any atom is 0.226 e. The number of carbonyl (C=O) groups is 1. The van der Waals surface area contributed by atoms with Crippen LogP contribution in [-0.2, 0) is 11.3 Å². The highest BCUT2D eigenvalue weighted by molar-refractivity contribution is 5.79. The Morgan fingerprint density at radius 1 is 1.17 bits per heavy atom. The van der Waals surface area contributed by atoms with Gasteiger partial charge in [0.05, 0.1) is 23.5 Å². The van der Waals surface area contributed by atoms with Gasteiger partial charge in [0.15, 0.2) is 0 Å². The molecule has 1 saturated heterocycles. The van der Waals surface area contributed by atoms with E-state index in [1.807, 2.05) is 0 Å². The Bertz CT molecular complexity index is 805. The number of hydrogen-bond donors (Lipinski definition) is 0. The Balaban J connectivity index is 1.71. The van der Waals surface area contributed by atoms with E-state index in [4.69, 9.17) is 4.98 Å². The summed E-state index contributed by atoms with van der Waals surface area (Å²) in [6, 6.07) is 8.77. The van der Waals surface area contributed by atoms with E-state index in [1.54, 1.807) is 0 Å². The number of carbonyl (C=O) groups excluding carboxylic acids is 1. The van der Waals surface area contributed by atoms with E-state index in [0.717, 1.165) is 82.6 Å². The number of aromatic nitrogens is 2. The Labute approximate surface area is 182 Å². The van der Waals surface area contributed by atoms with E-state index in [0.29, 0.717) is 11.9 Å². The Morgan fingerprint density at radius 3 is 2.53 bits per heavy atom. The standard InChI is InChI=1S/C25H40N4O/c1-5-7-16-28(17-8-6-2)25(30)21-12-11-15-27(18-21)19-24-26-22-13-9-10-14-23(22)29(24)20(3)4/h9-10,13-14,20-21H,5-8,11-12,15-19H2,1-4H3/t21-/m1/s1. The monoisotopic (exact) mass is 412 g/mol. The van der Waals surface area contributed by atoms with Crippen LogP contribution in [-0.4, -0.2) is 51.4 Å². The number of hydrogen-bond acceptors (Lipinski definition) is 3. The van der Waals surface area contributed by atoms with Crippen molar-refractivity contribution in [2.75, 3.05) is 26.2 Å². The molecule has 1 fully saturated rings. The summed E-state index contributed by atoms with van der Waals surface area (Å²) in [6.07, 6.45) is 6.59. The van der Waals surface area contributed by atoms with Crippen molar-refractivity contribution in [3.63, 3.8) is 0 Å². The SMILES string of the molecule is CCCCN(CCCC)C(=O)[C@@H]1CCCN(Cc2nc3ccccc3n2C(C)C)C1. The van der Waals surface area contributed by atoms with Crippen LogP contribution in [0.2, 0.25) is 0 Å². The summed E-state index contributed by atoms with van der Waals surface area (Å²) < 4.78 is 2.36. The quantitative estimate of drug-likeness (QED) is 0.535. The smallest absolute Gasteiger partial charge is 0.226 e. The number of imidazole rings is 1. The maximum atomic E-state index is 13.3. The molecule has 1 amide bonds. The number of nitrogens with zero attached hydrogens (tertiary/aromatic N) is 4. The normalized spacial score (nSPS) is 17.7. The molecule has 0 spiro atoms. The van der Waals surface area contributed by atoms with Crippen molar-refractivity contribution in [1.82, 2.24) is 19.4 Å². The molecule has 2 aromatic rings. The first kappa shape index (κ1) is 22.8. The molecule has 1 aliphatic heterocycles. The van der Waals surface area contributed by atoms with Crippen LogP contribution >= 0.6 is 0 Å². The van der Waals surface area contributed by atoms with Gasteiger partial charge >= 0.3 is 0 Å². The van der Waals surface area contributed by atoms with Gasteiger partial charge in [-0.1, -0.05) is 38.8 Å². The number of fused-ring (bicyclic) bond motifs is 1. The zero-order chi connectivity index (χ0) is 21.5. The van der Waals surface area contributed by atoms with Gasteiger partial charge in [-0.3, -0.25) is 9.69 Å². The number of benzene rings is 1. The van der Waals surface area contributed by atoms with Crippen LogP contribution in [0.15, 0.2) is 24.3 Å². The lowest BCUT2D eigenvalue weighted by Gasteiger charge is -2.35. The summed E-state index contributed by atoms with van der Waals surface area (Å²) in [5.41, 5.74) is 2.27. The first-order valence-electron chi connectivity index (χ1n) is 12.0. The van der Waals surface area contributed by atoms with Crippen LogP contribution in [0.4, 0.5) is 0 Å². The Morgan fingerprint density at radius 2 is 1.87 bits per heavy atom. The summed E-state index contributed by atoms with van der Waals surface area (Å²) in [5.74, 6) is 1.62. The molecule has 3 rings (SSSR count). The molecular formula is C25H40N4O. The van der Waals surface area contributed by atoms with Gasteiger partial charge in [-0.05, 0) is 58.2 Å². The van der Waals surface area contributed by atoms with E-state index in [2.05, 4.69) is 66.3 Å². The second-order valence-electron chi connectivity index (χ2n) is 9.09. The van der Waals surface area contributed by atoms with Crippen molar-refractivity contribution in [2.24, 2.45) is 5.92 Å². The molecule has 0 radical (unpaired) electrons. The van der Waals surface area contributed by atoms with Gasteiger partial charge in [0.25, 0.3) is 0 Å². The molecule has 0 bridgehead atoms. The minimum absolute atomic E-state index is 0.129.